The maximum atomic E-state index is 13.0. The van der Waals surface area contributed by atoms with Gasteiger partial charge in [-0.3, -0.25) is 20.1 Å². The Labute approximate surface area is 175 Å². The van der Waals surface area contributed by atoms with E-state index in [-0.39, 0.29) is 12.5 Å². The molecule has 30 heavy (non-hydrogen) atoms. The molecule has 7 heteroatoms. The lowest BCUT2D eigenvalue weighted by Gasteiger charge is -2.19. The second kappa shape index (κ2) is 10.8. The second-order valence-corrected chi connectivity index (χ2v) is 6.60. The number of benzene rings is 1. The zero-order valence-corrected chi connectivity index (χ0v) is 16.7. The molecule has 154 valence electrons. The first-order chi connectivity index (χ1) is 14.7. The molecule has 0 bridgehead atoms. The molecule has 0 aliphatic rings. The van der Waals surface area contributed by atoms with E-state index >= 15 is 0 Å². The summed E-state index contributed by atoms with van der Waals surface area (Å²) in [5, 5.41) is 6.20. The number of nitrogens with one attached hydrogen (secondary N) is 2. The van der Waals surface area contributed by atoms with Crippen molar-refractivity contribution in [2.75, 3.05) is 6.61 Å². The molecule has 2 N–H and O–H groups in total. The standard InChI is InChI=1S/C23H24N4O3/c1-2-30-23(29)20-9-3-8-19(12-20)21(26-15-17-6-4-10-24-13-17)22(28)27-16-18-7-5-11-25-14-18/h3-14,21,26H,2,15-16H2,1H3,(H,27,28). The fraction of sp³-hybridized carbons (Fsp3) is 0.217. The highest BCUT2D eigenvalue weighted by Crippen LogP contribution is 2.17. The molecule has 3 rings (SSSR count). The van der Waals surface area contributed by atoms with Gasteiger partial charge in [-0.1, -0.05) is 24.3 Å². The number of carbonyl (C=O) groups excluding carboxylic acids is 2. The monoisotopic (exact) mass is 404 g/mol. The molecule has 1 amide bonds. The Morgan fingerprint density at radius 3 is 2.30 bits per heavy atom. The third-order valence-corrected chi connectivity index (χ3v) is 4.42. The van der Waals surface area contributed by atoms with Crippen molar-refractivity contribution in [1.82, 2.24) is 20.6 Å². The fourth-order valence-electron chi connectivity index (χ4n) is 2.94. The average Bonchev–Trinajstić information content (AvgIpc) is 2.79. The summed E-state index contributed by atoms with van der Waals surface area (Å²) in [6, 6.07) is 13.7. The molecular formula is C23H24N4O3. The van der Waals surface area contributed by atoms with Crippen LogP contribution in [0.2, 0.25) is 0 Å². The molecule has 0 aliphatic carbocycles. The van der Waals surface area contributed by atoms with Crippen molar-refractivity contribution in [3.05, 3.63) is 95.6 Å². The Kier molecular flexibility index (Phi) is 7.63. The predicted octanol–water partition coefficient (Wildman–Crippen LogP) is 2.80. The number of rotatable bonds is 9. The highest BCUT2D eigenvalue weighted by Gasteiger charge is 2.21. The number of esters is 1. The van der Waals surface area contributed by atoms with Gasteiger partial charge in [0.05, 0.1) is 12.2 Å². The molecule has 0 saturated heterocycles. The zero-order valence-electron chi connectivity index (χ0n) is 16.7. The number of carbonyl (C=O) groups is 2. The molecular weight excluding hydrogens is 380 g/mol. The van der Waals surface area contributed by atoms with Crippen molar-refractivity contribution in [1.29, 1.82) is 0 Å². The van der Waals surface area contributed by atoms with Gasteiger partial charge in [-0.15, -0.1) is 0 Å². The molecule has 0 fully saturated rings. The van der Waals surface area contributed by atoms with Crippen LogP contribution in [0.25, 0.3) is 0 Å². The summed E-state index contributed by atoms with van der Waals surface area (Å²) in [5.41, 5.74) is 2.93. The highest BCUT2D eigenvalue weighted by atomic mass is 16.5. The molecule has 1 aromatic carbocycles. The van der Waals surface area contributed by atoms with Crippen LogP contribution >= 0.6 is 0 Å². The van der Waals surface area contributed by atoms with Gasteiger partial charge < -0.3 is 10.1 Å². The van der Waals surface area contributed by atoms with Gasteiger partial charge in [0.2, 0.25) is 5.91 Å². The lowest BCUT2D eigenvalue weighted by atomic mass is 10.0. The Bertz CT molecular complexity index is 964. The fourth-order valence-corrected chi connectivity index (χ4v) is 2.94. The molecule has 1 atom stereocenters. The van der Waals surface area contributed by atoms with E-state index in [0.29, 0.717) is 24.2 Å². The van der Waals surface area contributed by atoms with E-state index < -0.39 is 12.0 Å². The van der Waals surface area contributed by atoms with Crippen molar-refractivity contribution >= 4 is 11.9 Å². The lowest BCUT2D eigenvalue weighted by molar-refractivity contribution is -0.123. The lowest BCUT2D eigenvalue weighted by Crippen LogP contribution is -2.37. The van der Waals surface area contributed by atoms with Gasteiger partial charge in [0.1, 0.15) is 6.04 Å². The summed E-state index contributed by atoms with van der Waals surface area (Å²) in [6.07, 6.45) is 6.83. The first kappa shape index (κ1) is 21.1. The number of aromatic nitrogens is 2. The first-order valence-corrected chi connectivity index (χ1v) is 9.73. The van der Waals surface area contributed by atoms with Crippen LogP contribution in [0, 0.1) is 0 Å². The number of hydrogen-bond acceptors (Lipinski definition) is 6. The first-order valence-electron chi connectivity index (χ1n) is 9.73. The normalized spacial score (nSPS) is 11.5. The van der Waals surface area contributed by atoms with E-state index in [2.05, 4.69) is 20.6 Å². The number of hydrogen-bond donors (Lipinski definition) is 2. The number of ether oxygens (including phenoxy) is 1. The smallest absolute Gasteiger partial charge is 0.338 e. The van der Waals surface area contributed by atoms with Gasteiger partial charge in [0, 0.05) is 37.9 Å². The summed E-state index contributed by atoms with van der Waals surface area (Å²) < 4.78 is 5.08. The minimum Gasteiger partial charge on any atom is -0.462 e. The van der Waals surface area contributed by atoms with Crippen molar-refractivity contribution < 1.29 is 14.3 Å². The average molecular weight is 404 g/mol. The summed E-state index contributed by atoms with van der Waals surface area (Å²) in [6.45, 7) is 2.85. The highest BCUT2D eigenvalue weighted by molar-refractivity contribution is 5.90. The maximum Gasteiger partial charge on any atom is 0.338 e. The third kappa shape index (κ3) is 5.96. The van der Waals surface area contributed by atoms with Gasteiger partial charge in [-0.05, 0) is 47.9 Å². The predicted molar refractivity (Wildman–Crippen MR) is 112 cm³/mol. The zero-order chi connectivity index (χ0) is 21.2. The van der Waals surface area contributed by atoms with Crippen LogP contribution in [0.1, 0.15) is 40.0 Å². The summed E-state index contributed by atoms with van der Waals surface area (Å²) in [7, 11) is 0. The number of nitrogens with zero attached hydrogens (tertiary/aromatic N) is 2. The van der Waals surface area contributed by atoms with Crippen LogP contribution in [0.3, 0.4) is 0 Å². The molecule has 0 radical (unpaired) electrons. The van der Waals surface area contributed by atoms with Crippen LogP contribution in [-0.4, -0.2) is 28.5 Å². The van der Waals surface area contributed by atoms with E-state index in [1.165, 1.54) is 0 Å². The minimum absolute atomic E-state index is 0.205. The van der Waals surface area contributed by atoms with Crippen LogP contribution in [0.15, 0.2) is 73.3 Å². The molecule has 0 spiro atoms. The van der Waals surface area contributed by atoms with Crippen LogP contribution < -0.4 is 10.6 Å². The quantitative estimate of drug-likeness (QED) is 0.533. The van der Waals surface area contributed by atoms with E-state index in [9.17, 15) is 9.59 Å². The van der Waals surface area contributed by atoms with Crippen LogP contribution in [-0.2, 0) is 22.6 Å². The molecule has 3 aromatic rings. The van der Waals surface area contributed by atoms with Gasteiger partial charge >= 0.3 is 5.97 Å². The third-order valence-electron chi connectivity index (χ3n) is 4.42. The Balaban J connectivity index is 1.78. The molecule has 1 unspecified atom stereocenters. The maximum absolute atomic E-state index is 13.0. The van der Waals surface area contributed by atoms with Gasteiger partial charge in [-0.25, -0.2) is 4.79 Å². The summed E-state index contributed by atoms with van der Waals surface area (Å²) in [4.78, 5) is 33.3. The molecule has 2 heterocycles. The Morgan fingerprint density at radius 2 is 1.67 bits per heavy atom. The second-order valence-electron chi connectivity index (χ2n) is 6.60. The van der Waals surface area contributed by atoms with Crippen molar-refractivity contribution in [2.45, 2.75) is 26.1 Å². The number of amides is 1. The summed E-state index contributed by atoms with van der Waals surface area (Å²) >= 11 is 0. The van der Waals surface area contributed by atoms with Crippen LogP contribution in [0.4, 0.5) is 0 Å². The molecule has 0 saturated carbocycles. The van der Waals surface area contributed by atoms with E-state index in [1.54, 1.807) is 49.9 Å². The van der Waals surface area contributed by atoms with Crippen LogP contribution in [0.5, 0.6) is 0 Å². The molecule has 0 aliphatic heterocycles. The van der Waals surface area contributed by atoms with E-state index in [1.807, 2.05) is 30.3 Å². The Hall–Kier alpha value is -3.58. The van der Waals surface area contributed by atoms with Crippen molar-refractivity contribution in [3.63, 3.8) is 0 Å². The largest absolute Gasteiger partial charge is 0.462 e. The summed E-state index contributed by atoms with van der Waals surface area (Å²) in [5.74, 6) is -0.620. The molecule has 2 aromatic heterocycles. The van der Waals surface area contributed by atoms with E-state index in [0.717, 1.165) is 11.1 Å². The SMILES string of the molecule is CCOC(=O)c1cccc(C(NCc2cccnc2)C(=O)NCc2cccnc2)c1. The molecule has 7 nitrogen and oxygen atoms in total. The Morgan fingerprint density at radius 1 is 0.967 bits per heavy atom. The topological polar surface area (TPSA) is 93.2 Å². The van der Waals surface area contributed by atoms with Gasteiger partial charge in [-0.2, -0.15) is 0 Å². The van der Waals surface area contributed by atoms with E-state index in [4.69, 9.17) is 4.74 Å². The van der Waals surface area contributed by atoms with Crippen molar-refractivity contribution in [3.8, 4) is 0 Å². The minimum atomic E-state index is -0.656. The van der Waals surface area contributed by atoms with Crippen molar-refractivity contribution in [2.24, 2.45) is 0 Å². The number of pyridine rings is 2. The van der Waals surface area contributed by atoms with Gasteiger partial charge in [0.25, 0.3) is 0 Å². The van der Waals surface area contributed by atoms with Gasteiger partial charge in [0.15, 0.2) is 0 Å².